The lowest BCUT2D eigenvalue weighted by atomic mass is 10.2. The molecule has 0 spiro atoms. The highest BCUT2D eigenvalue weighted by atomic mass is 16.6. The van der Waals surface area contributed by atoms with Crippen LogP contribution in [-0.2, 0) is 0 Å². The molecule has 2 amide bonds. The molecule has 0 fully saturated rings. The zero-order chi connectivity index (χ0) is 17.2. The first-order valence-corrected chi connectivity index (χ1v) is 7.91. The van der Waals surface area contributed by atoms with Crippen molar-refractivity contribution in [3.63, 3.8) is 0 Å². The van der Waals surface area contributed by atoms with Gasteiger partial charge in [-0.2, -0.15) is 0 Å². The summed E-state index contributed by atoms with van der Waals surface area (Å²) in [6.07, 6.45) is 0. The Morgan fingerprint density at radius 1 is 1.00 bits per heavy atom. The summed E-state index contributed by atoms with van der Waals surface area (Å²) in [5.41, 5.74) is 1.32. The van der Waals surface area contributed by atoms with Crippen LogP contribution < -0.4 is 20.1 Å². The molecule has 0 radical (unpaired) electrons. The lowest BCUT2D eigenvalue weighted by Crippen LogP contribution is -2.21. The van der Waals surface area contributed by atoms with Crippen LogP contribution in [0, 0.1) is 6.92 Å². The number of fused-ring (bicyclic) bond motifs is 3. The van der Waals surface area contributed by atoms with Crippen molar-refractivity contribution in [2.24, 2.45) is 0 Å². The van der Waals surface area contributed by atoms with Gasteiger partial charge in [-0.3, -0.25) is 5.32 Å². The zero-order valence-electron chi connectivity index (χ0n) is 13.6. The fourth-order valence-electron chi connectivity index (χ4n) is 2.70. The summed E-state index contributed by atoms with van der Waals surface area (Å²) in [6.45, 7) is 2.74. The number of nitrogens with zero attached hydrogens (tertiary/aromatic N) is 2. The minimum Gasteiger partial charge on any atom is -0.486 e. The van der Waals surface area contributed by atoms with Crippen LogP contribution in [-0.4, -0.2) is 29.2 Å². The summed E-state index contributed by atoms with van der Waals surface area (Å²) in [5.74, 6) is 2.19. The van der Waals surface area contributed by atoms with Crippen molar-refractivity contribution in [1.29, 1.82) is 0 Å². The Morgan fingerprint density at radius 3 is 2.64 bits per heavy atom. The average Bonchev–Trinajstić information content (AvgIpc) is 2.62. The molecule has 1 aromatic heterocycles. The number of carbonyl (C=O) groups is 1. The van der Waals surface area contributed by atoms with Gasteiger partial charge in [0.05, 0.1) is 0 Å². The predicted octanol–water partition coefficient (Wildman–Crippen LogP) is 3.35. The molecule has 7 heteroatoms. The third-order valence-electron chi connectivity index (χ3n) is 3.75. The minimum absolute atomic E-state index is 0.375. The molecule has 0 unspecified atom stereocenters. The Morgan fingerprint density at radius 2 is 1.80 bits per heavy atom. The first-order chi connectivity index (χ1) is 12.2. The molecule has 1 aliphatic heterocycles. The lowest BCUT2D eigenvalue weighted by molar-refractivity contribution is 0.173. The molecule has 126 valence electrons. The molecule has 0 saturated carbocycles. The van der Waals surface area contributed by atoms with E-state index in [4.69, 9.17) is 9.47 Å². The number of aromatic nitrogens is 2. The van der Waals surface area contributed by atoms with Crippen molar-refractivity contribution >= 4 is 28.4 Å². The largest absolute Gasteiger partial charge is 0.486 e. The molecule has 4 rings (SSSR count). The summed E-state index contributed by atoms with van der Waals surface area (Å²) in [7, 11) is 0. The third kappa shape index (κ3) is 3.03. The zero-order valence-corrected chi connectivity index (χ0v) is 13.6. The second-order valence-corrected chi connectivity index (χ2v) is 5.55. The summed E-state index contributed by atoms with van der Waals surface area (Å²) in [4.78, 5) is 21.1. The van der Waals surface area contributed by atoms with E-state index >= 15 is 0 Å². The van der Waals surface area contributed by atoms with Crippen LogP contribution >= 0.6 is 0 Å². The smallest absolute Gasteiger partial charge is 0.324 e. The van der Waals surface area contributed by atoms with Crippen LogP contribution in [0.15, 0.2) is 42.5 Å². The third-order valence-corrected chi connectivity index (χ3v) is 3.75. The molecule has 0 bridgehead atoms. The molecular formula is C18H16N4O3. The Kier molecular flexibility index (Phi) is 3.81. The standard InChI is InChI=1S/C18H16N4O3/c1-11-19-15-13(7-8-14-16(15)25-10-9-24-14)17(20-11)22-18(23)21-12-5-3-2-4-6-12/h2-8H,9-10H2,1H3,(H2,19,20,21,22,23). The summed E-state index contributed by atoms with van der Waals surface area (Å²) in [5, 5.41) is 6.25. The van der Waals surface area contributed by atoms with Gasteiger partial charge in [-0.05, 0) is 31.2 Å². The van der Waals surface area contributed by atoms with E-state index in [2.05, 4.69) is 20.6 Å². The predicted molar refractivity (Wildman–Crippen MR) is 94.3 cm³/mol. The number of rotatable bonds is 2. The van der Waals surface area contributed by atoms with Gasteiger partial charge in [0.25, 0.3) is 0 Å². The Bertz CT molecular complexity index is 944. The fraction of sp³-hybridized carbons (Fsp3) is 0.167. The van der Waals surface area contributed by atoms with Gasteiger partial charge in [-0.25, -0.2) is 14.8 Å². The minimum atomic E-state index is -0.375. The fourth-order valence-corrected chi connectivity index (χ4v) is 2.70. The first-order valence-electron chi connectivity index (χ1n) is 7.91. The van der Waals surface area contributed by atoms with E-state index in [0.717, 1.165) is 0 Å². The molecule has 7 nitrogen and oxygen atoms in total. The van der Waals surface area contributed by atoms with E-state index < -0.39 is 0 Å². The van der Waals surface area contributed by atoms with E-state index in [1.54, 1.807) is 13.0 Å². The molecule has 2 aromatic carbocycles. The Labute approximate surface area is 144 Å². The highest BCUT2D eigenvalue weighted by Gasteiger charge is 2.19. The number of para-hydroxylation sites is 1. The molecule has 2 heterocycles. The monoisotopic (exact) mass is 336 g/mol. The van der Waals surface area contributed by atoms with Crippen molar-refractivity contribution in [3.8, 4) is 11.5 Å². The highest BCUT2D eigenvalue weighted by molar-refractivity contribution is 6.05. The molecule has 2 N–H and O–H groups in total. The first kappa shape index (κ1) is 15.2. The number of benzene rings is 2. The lowest BCUT2D eigenvalue weighted by Gasteiger charge is -2.20. The van der Waals surface area contributed by atoms with Crippen molar-refractivity contribution in [2.75, 3.05) is 23.8 Å². The number of anilines is 2. The Hall–Kier alpha value is -3.35. The second-order valence-electron chi connectivity index (χ2n) is 5.55. The van der Waals surface area contributed by atoms with Crippen LogP contribution in [0.4, 0.5) is 16.3 Å². The molecule has 0 aliphatic carbocycles. The summed E-state index contributed by atoms with van der Waals surface area (Å²) >= 11 is 0. The summed E-state index contributed by atoms with van der Waals surface area (Å²) < 4.78 is 11.3. The number of ether oxygens (including phenoxy) is 2. The average molecular weight is 336 g/mol. The van der Waals surface area contributed by atoms with E-state index in [9.17, 15) is 4.79 Å². The van der Waals surface area contributed by atoms with Crippen LogP contribution in [0.2, 0.25) is 0 Å². The molecule has 25 heavy (non-hydrogen) atoms. The van der Waals surface area contributed by atoms with Crippen molar-refractivity contribution in [1.82, 2.24) is 9.97 Å². The van der Waals surface area contributed by atoms with Crippen molar-refractivity contribution in [2.45, 2.75) is 6.92 Å². The number of nitrogens with one attached hydrogen (secondary N) is 2. The Balaban J connectivity index is 1.68. The molecule has 3 aromatic rings. The van der Waals surface area contributed by atoms with Gasteiger partial charge in [0.1, 0.15) is 30.4 Å². The van der Waals surface area contributed by atoms with E-state index in [-0.39, 0.29) is 6.03 Å². The van der Waals surface area contributed by atoms with Crippen LogP contribution in [0.25, 0.3) is 10.9 Å². The van der Waals surface area contributed by atoms with Gasteiger partial charge in [-0.1, -0.05) is 18.2 Å². The maximum Gasteiger partial charge on any atom is 0.324 e. The number of urea groups is 1. The second kappa shape index (κ2) is 6.27. The summed E-state index contributed by atoms with van der Waals surface area (Å²) in [6, 6.07) is 12.5. The number of aryl methyl sites for hydroxylation is 1. The normalized spacial score (nSPS) is 12.7. The highest BCUT2D eigenvalue weighted by Crippen LogP contribution is 2.38. The SMILES string of the molecule is Cc1nc(NC(=O)Nc2ccccc2)c2ccc3c(c2n1)OCCO3. The number of hydrogen-bond acceptors (Lipinski definition) is 5. The van der Waals surface area contributed by atoms with Crippen LogP contribution in [0.5, 0.6) is 11.5 Å². The van der Waals surface area contributed by atoms with E-state index in [0.29, 0.717) is 52.9 Å². The molecule has 0 atom stereocenters. The van der Waals surface area contributed by atoms with Crippen molar-refractivity contribution < 1.29 is 14.3 Å². The molecule has 0 saturated heterocycles. The maximum absolute atomic E-state index is 12.3. The number of hydrogen-bond donors (Lipinski definition) is 2. The van der Waals surface area contributed by atoms with E-state index in [1.165, 1.54) is 0 Å². The van der Waals surface area contributed by atoms with Gasteiger partial charge < -0.3 is 14.8 Å². The molecule has 1 aliphatic rings. The van der Waals surface area contributed by atoms with Gasteiger partial charge in [0.2, 0.25) is 0 Å². The van der Waals surface area contributed by atoms with Gasteiger partial charge in [0, 0.05) is 11.1 Å². The van der Waals surface area contributed by atoms with Crippen LogP contribution in [0.1, 0.15) is 5.82 Å². The number of carbonyl (C=O) groups excluding carboxylic acids is 1. The van der Waals surface area contributed by atoms with Gasteiger partial charge in [-0.15, -0.1) is 0 Å². The quantitative estimate of drug-likeness (QED) is 0.749. The van der Waals surface area contributed by atoms with Crippen LogP contribution in [0.3, 0.4) is 0 Å². The van der Waals surface area contributed by atoms with Crippen molar-refractivity contribution in [3.05, 3.63) is 48.3 Å². The van der Waals surface area contributed by atoms with Gasteiger partial charge >= 0.3 is 6.03 Å². The van der Waals surface area contributed by atoms with Gasteiger partial charge in [0.15, 0.2) is 11.5 Å². The maximum atomic E-state index is 12.3. The molecular weight excluding hydrogens is 320 g/mol. The van der Waals surface area contributed by atoms with E-state index in [1.807, 2.05) is 36.4 Å². The topological polar surface area (TPSA) is 85.4 Å². The number of amides is 2.